The lowest BCUT2D eigenvalue weighted by Gasteiger charge is -2.29. The molecule has 1 heterocycles. The lowest BCUT2D eigenvalue weighted by Crippen LogP contribution is -2.32. The van der Waals surface area contributed by atoms with Crippen LogP contribution in [-0.2, 0) is 6.42 Å². The second-order valence-electron chi connectivity index (χ2n) is 4.79. The van der Waals surface area contributed by atoms with Crippen molar-refractivity contribution in [3.63, 3.8) is 0 Å². The zero-order valence-corrected chi connectivity index (χ0v) is 14.0. The van der Waals surface area contributed by atoms with E-state index >= 15 is 0 Å². The summed E-state index contributed by atoms with van der Waals surface area (Å²) in [6.45, 7) is 2.19. The molecule has 0 saturated carbocycles. The Balaban J connectivity index is 2.26. The summed E-state index contributed by atoms with van der Waals surface area (Å²) in [5.41, 5.74) is 7.46. The van der Waals surface area contributed by atoms with Gasteiger partial charge in [-0.1, -0.05) is 12.1 Å². The first-order chi connectivity index (χ1) is 9.50. The second kappa shape index (κ2) is 6.41. The lowest BCUT2D eigenvalue weighted by atomic mass is 10.1. The number of rotatable bonds is 5. The van der Waals surface area contributed by atoms with Crippen LogP contribution in [0, 0.1) is 5.41 Å². The van der Waals surface area contributed by atoms with E-state index in [1.54, 1.807) is 11.3 Å². The van der Waals surface area contributed by atoms with Crippen molar-refractivity contribution >= 4 is 38.8 Å². The molecule has 0 aliphatic rings. The minimum atomic E-state index is 0.0858. The van der Waals surface area contributed by atoms with E-state index in [0.717, 1.165) is 22.1 Å². The number of nitrogens with one attached hydrogen (secondary N) is 1. The van der Waals surface area contributed by atoms with Gasteiger partial charge in [-0.15, -0.1) is 11.3 Å². The number of thiophene rings is 1. The molecule has 3 nitrogen and oxygen atoms in total. The monoisotopic (exact) mass is 351 g/mol. The lowest BCUT2D eigenvalue weighted by molar-refractivity contribution is 0.688. The molecule has 0 aliphatic carbocycles. The van der Waals surface area contributed by atoms with E-state index in [-0.39, 0.29) is 5.84 Å². The van der Waals surface area contributed by atoms with E-state index in [1.165, 1.54) is 4.88 Å². The number of anilines is 1. The number of hydrogen-bond donors (Lipinski definition) is 2. The molecular formula is C15H18BrN3S. The predicted octanol–water partition coefficient (Wildman–Crippen LogP) is 3.86. The van der Waals surface area contributed by atoms with Crippen LogP contribution in [-0.4, -0.2) is 18.9 Å². The van der Waals surface area contributed by atoms with Crippen LogP contribution in [0.2, 0.25) is 0 Å². The van der Waals surface area contributed by atoms with E-state index in [2.05, 4.69) is 45.3 Å². The molecule has 0 radical (unpaired) electrons. The van der Waals surface area contributed by atoms with Crippen LogP contribution in [0.3, 0.4) is 0 Å². The molecule has 0 spiro atoms. The quantitative estimate of drug-likeness (QED) is 0.634. The van der Waals surface area contributed by atoms with Gasteiger partial charge in [0.05, 0.1) is 5.56 Å². The van der Waals surface area contributed by atoms with E-state index in [9.17, 15) is 0 Å². The molecule has 0 amide bonds. The maximum Gasteiger partial charge on any atom is 0.126 e. The minimum Gasteiger partial charge on any atom is -0.384 e. The molecule has 0 bridgehead atoms. The van der Waals surface area contributed by atoms with E-state index < -0.39 is 0 Å². The Hall–Kier alpha value is -1.33. The van der Waals surface area contributed by atoms with E-state index in [4.69, 9.17) is 11.1 Å². The van der Waals surface area contributed by atoms with Crippen LogP contribution in [0.5, 0.6) is 0 Å². The molecule has 1 aromatic heterocycles. The SMILES string of the molecule is CC(Cc1cccs1)N(C)c1cccc(Br)c1C(=N)N. The van der Waals surface area contributed by atoms with Gasteiger partial charge in [0.1, 0.15) is 5.84 Å². The maximum absolute atomic E-state index is 7.77. The standard InChI is InChI=1S/C15H18BrN3S/c1-10(9-11-5-4-8-20-11)19(2)13-7-3-6-12(16)14(13)15(17)18/h3-8,10H,9H2,1-2H3,(H3,17,18). The third kappa shape index (κ3) is 3.22. The summed E-state index contributed by atoms with van der Waals surface area (Å²) < 4.78 is 0.859. The first kappa shape index (κ1) is 15.1. The fourth-order valence-electron chi connectivity index (χ4n) is 2.17. The van der Waals surface area contributed by atoms with Crippen molar-refractivity contribution in [1.82, 2.24) is 0 Å². The fraction of sp³-hybridized carbons (Fsp3) is 0.267. The summed E-state index contributed by atoms with van der Waals surface area (Å²) in [6, 6.07) is 10.5. The number of amidine groups is 1. The summed E-state index contributed by atoms with van der Waals surface area (Å²) in [6.07, 6.45) is 0.984. The van der Waals surface area contributed by atoms with Crippen molar-refractivity contribution < 1.29 is 0 Å². The third-order valence-corrected chi connectivity index (χ3v) is 4.94. The normalized spacial score (nSPS) is 12.2. The predicted molar refractivity (Wildman–Crippen MR) is 91.0 cm³/mol. The van der Waals surface area contributed by atoms with Gasteiger partial charge in [0.2, 0.25) is 0 Å². The van der Waals surface area contributed by atoms with Crippen LogP contribution in [0.25, 0.3) is 0 Å². The summed E-state index contributed by atoms with van der Waals surface area (Å²) in [5, 5.41) is 9.87. The van der Waals surface area contributed by atoms with E-state index in [0.29, 0.717) is 6.04 Å². The Bertz CT molecular complexity index is 595. The number of benzene rings is 1. The maximum atomic E-state index is 7.77. The summed E-state index contributed by atoms with van der Waals surface area (Å²) in [7, 11) is 2.05. The van der Waals surface area contributed by atoms with Crippen molar-refractivity contribution in [2.24, 2.45) is 5.73 Å². The van der Waals surface area contributed by atoms with Gasteiger partial charge in [0.25, 0.3) is 0 Å². The van der Waals surface area contributed by atoms with Crippen molar-refractivity contribution in [3.05, 3.63) is 50.6 Å². The van der Waals surface area contributed by atoms with Crippen molar-refractivity contribution in [1.29, 1.82) is 5.41 Å². The number of nitrogens with zero attached hydrogens (tertiary/aromatic N) is 1. The molecule has 106 valence electrons. The molecule has 20 heavy (non-hydrogen) atoms. The highest BCUT2D eigenvalue weighted by molar-refractivity contribution is 9.10. The van der Waals surface area contributed by atoms with Crippen LogP contribution in [0.15, 0.2) is 40.2 Å². The van der Waals surface area contributed by atoms with Crippen LogP contribution in [0.4, 0.5) is 5.69 Å². The molecule has 1 atom stereocenters. The van der Waals surface area contributed by atoms with Gasteiger partial charge in [-0.05, 0) is 46.4 Å². The zero-order valence-electron chi connectivity index (χ0n) is 11.6. The molecular weight excluding hydrogens is 334 g/mol. The topological polar surface area (TPSA) is 53.1 Å². The average molecular weight is 352 g/mol. The van der Waals surface area contributed by atoms with Crippen LogP contribution in [0.1, 0.15) is 17.4 Å². The average Bonchev–Trinajstić information content (AvgIpc) is 2.89. The highest BCUT2D eigenvalue weighted by atomic mass is 79.9. The Morgan fingerprint density at radius 2 is 2.15 bits per heavy atom. The molecule has 0 saturated heterocycles. The van der Waals surface area contributed by atoms with Gasteiger partial charge < -0.3 is 10.6 Å². The summed E-state index contributed by atoms with van der Waals surface area (Å²) in [4.78, 5) is 3.55. The van der Waals surface area contributed by atoms with Crippen molar-refractivity contribution in [2.45, 2.75) is 19.4 Å². The molecule has 2 rings (SSSR count). The minimum absolute atomic E-state index is 0.0858. The van der Waals surface area contributed by atoms with Gasteiger partial charge in [-0.25, -0.2) is 0 Å². The van der Waals surface area contributed by atoms with Gasteiger partial charge in [-0.2, -0.15) is 0 Å². The smallest absolute Gasteiger partial charge is 0.126 e. The molecule has 0 aliphatic heterocycles. The molecule has 3 N–H and O–H groups in total. The van der Waals surface area contributed by atoms with Gasteiger partial charge in [0, 0.05) is 34.5 Å². The second-order valence-corrected chi connectivity index (χ2v) is 6.68. The Kier molecular flexibility index (Phi) is 4.83. The number of nitrogen functional groups attached to an aromatic ring is 1. The van der Waals surface area contributed by atoms with Crippen molar-refractivity contribution in [2.75, 3.05) is 11.9 Å². The van der Waals surface area contributed by atoms with Crippen LogP contribution >= 0.6 is 27.3 Å². The van der Waals surface area contributed by atoms with Crippen LogP contribution < -0.4 is 10.6 Å². The Morgan fingerprint density at radius 3 is 2.75 bits per heavy atom. The largest absolute Gasteiger partial charge is 0.384 e. The Labute approximate surface area is 132 Å². The number of hydrogen-bond acceptors (Lipinski definition) is 3. The zero-order chi connectivity index (χ0) is 14.7. The Morgan fingerprint density at radius 1 is 1.40 bits per heavy atom. The van der Waals surface area contributed by atoms with Gasteiger partial charge >= 0.3 is 0 Å². The first-order valence-corrected chi connectivity index (χ1v) is 8.06. The molecule has 2 aromatic rings. The number of halogens is 1. The summed E-state index contributed by atoms with van der Waals surface area (Å²) >= 11 is 5.25. The van der Waals surface area contributed by atoms with Gasteiger partial charge in [0.15, 0.2) is 0 Å². The summed E-state index contributed by atoms with van der Waals surface area (Å²) in [5.74, 6) is 0.0858. The number of nitrogens with two attached hydrogens (primary N) is 1. The molecule has 5 heteroatoms. The first-order valence-electron chi connectivity index (χ1n) is 6.39. The highest BCUT2D eigenvalue weighted by Crippen LogP contribution is 2.28. The molecule has 1 aromatic carbocycles. The third-order valence-electron chi connectivity index (χ3n) is 3.38. The molecule has 1 unspecified atom stereocenters. The van der Waals surface area contributed by atoms with E-state index in [1.807, 2.05) is 25.2 Å². The number of likely N-dealkylation sites (N-methyl/N-ethyl adjacent to an activating group) is 1. The van der Waals surface area contributed by atoms with Gasteiger partial charge in [-0.3, -0.25) is 5.41 Å². The fourth-order valence-corrected chi connectivity index (χ4v) is 3.56. The molecule has 0 fully saturated rings. The van der Waals surface area contributed by atoms with Crippen molar-refractivity contribution in [3.8, 4) is 0 Å². The highest BCUT2D eigenvalue weighted by Gasteiger charge is 2.17.